The molecule has 0 unspecified atom stereocenters. The van der Waals surface area contributed by atoms with Crippen LogP contribution >= 0.6 is 0 Å². The van der Waals surface area contributed by atoms with Crippen LogP contribution in [0.5, 0.6) is 5.75 Å². The van der Waals surface area contributed by atoms with Gasteiger partial charge in [0.2, 0.25) is 0 Å². The van der Waals surface area contributed by atoms with Crippen LogP contribution in [0, 0.1) is 0 Å². The van der Waals surface area contributed by atoms with E-state index in [-0.39, 0.29) is 0 Å². The van der Waals surface area contributed by atoms with E-state index in [1.54, 1.807) is 6.20 Å². The molecule has 2 heterocycles. The third-order valence-electron chi connectivity index (χ3n) is 2.25. The van der Waals surface area contributed by atoms with Crippen molar-refractivity contribution >= 4 is 0 Å². The topological polar surface area (TPSA) is 25.4 Å². The highest BCUT2D eigenvalue weighted by Gasteiger charge is 2.19. The standard InChI is InChI=1S/C10H14N2O/c1-8(2)12-6-4-9-7-11-5-3-10(9)13-12/h3,5,7-8H,4,6H2,1-2H3. The Bertz CT molecular complexity index is 299. The summed E-state index contributed by atoms with van der Waals surface area (Å²) in [5, 5.41) is 2.00. The van der Waals surface area contributed by atoms with E-state index in [1.807, 2.05) is 17.3 Å². The Morgan fingerprint density at radius 2 is 2.38 bits per heavy atom. The molecule has 0 fully saturated rings. The first-order chi connectivity index (χ1) is 6.27. The molecule has 1 aliphatic rings. The largest absolute Gasteiger partial charge is 0.405 e. The second-order valence-corrected chi connectivity index (χ2v) is 3.56. The van der Waals surface area contributed by atoms with Crippen molar-refractivity contribution in [3.8, 4) is 5.75 Å². The molecule has 3 heteroatoms. The van der Waals surface area contributed by atoms with Crippen molar-refractivity contribution in [2.45, 2.75) is 26.3 Å². The Balaban J connectivity index is 2.20. The normalized spacial score (nSPS) is 16.8. The molecular formula is C10H14N2O. The fraction of sp³-hybridized carbons (Fsp3) is 0.500. The number of aromatic nitrogens is 1. The van der Waals surface area contributed by atoms with Crippen molar-refractivity contribution in [2.75, 3.05) is 6.54 Å². The quantitative estimate of drug-likeness (QED) is 0.653. The molecule has 1 aromatic rings. The van der Waals surface area contributed by atoms with Crippen LogP contribution in [-0.4, -0.2) is 22.6 Å². The van der Waals surface area contributed by atoms with Crippen molar-refractivity contribution in [1.82, 2.24) is 10.0 Å². The van der Waals surface area contributed by atoms with Gasteiger partial charge in [-0.2, -0.15) is 0 Å². The van der Waals surface area contributed by atoms with Gasteiger partial charge in [-0.15, -0.1) is 5.06 Å². The van der Waals surface area contributed by atoms with Crippen LogP contribution in [0.15, 0.2) is 18.5 Å². The molecule has 0 spiro atoms. The molecule has 3 nitrogen and oxygen atoms in total. The summed E-state index contributed by atoms with van der Waals surface area (Å²) < 4.78 is 0. The lowest BCUT2D eigenvalue weighted by Gasteiger charge is -2.30. The Labute approximate surface area is 78.3 Å². The van der Waals surface area contributed by atoms with Crippen molar-refractivity contribution in [2.24, 2.45) is 0 Å². The lowest BCUT2D eigenvalue weighted by molar-refractivity contribution is -0.0943. The Kier molecular flexibility index (Phi) is 2.19. The van der Waals surface area contributed by atoms with Gasteiger partial charge in [-0.1, -0.05) is 0 Å². The maximum Gasteiger partial charge on any atom is 0.153 e. The molecular weight excluding hydrogens is 164 g/mol. The number of fused-ring (bicyclic) bond motifs is 1. The maximum atomic E-state index is 5.69. The second-order valence-electron chi connectivity index (χ2n) is 3.56. The van der Waals surface area contributed by atoms with Gasteiger partial charge in [0.1, 0.15) is 0 Å². The number of pyridine rings is 1. The summed E-state index contributed by atoms with van der Waals surface area (Å²) in [4.78, 5) is 9.76. The number of hydrogen-bond donors (Lipinski definition) is 0. The molecule has 2 rings (SSSR count). The van der Waals surface area contributed by atoms with E-state index >= 15 is 0 Å². The SMILES string of the molecule is CC(C)N1CCc2cnccc2O1. The zero-order valence-electron chi connectivity index (χ0n) is 8.03. The number of hydrogen-bond acceptors (Lipinski definition) is 3. The number of rotatable bonds is 1. The zero-order chi connectivity index (χ0) is 9.26. The number of hydroxylamine groups is 2. The minimum Gasteiger partial charge on any atom is -0.405 e. The summed E-state index contributed by atoms with van der Waals surface area (Å²) in [5.74, 6) is 0.954. The summed E-state index contributed by atoms with van der Waals surface area (Å²) in [6.07, 6.45) is 4.68. The third-order valence-corrected chi connectivity index (χ3v) is 2.25. The Morgan fingerprint density at radius 1 is 1.54 bits per heavy atom. The molecule has 13 heavy (non-hydrogen) atoms. The molecule has 0 bridgehead atoms. The van der Waals surface area contributed by atoms with E-state index in [0.717, 1.165) is 18.7 Å². The van der Waals surface area contributed by atoms with E-state index in [2.05, 4.69) is 18.8 Å². The minimum atomic E-state index is 0.432. The van der Waals surface area contributed by atoms with Crippen LogP contribution in [0.4, 0.5) is 0 Å². The van der Waals surface area contributed by atoms with Gasteiger partial charge < -0.3 is 4.84 Å². The van der Waals surface area contributed by atoms with Gasteiger partial charge in [0.15, 0.2) is 5.75 Å². The average Bonchev–Trinajstić information content (AvgIpc) is 2.17. The zero-order valence-corrected chi connectivity index (χ0v) is 8.03. The first-order valence-electron chi connectivity index (χ1n) is 4.65. The monoisotopic (exact) mass is 178 g/mol. The lowest BCUT2D eigenvalue weighted by Crippen LogP contribution is -2.38. The third kappa shape index (κ3) is 1.65. The molecule has 0 saturated carbocycles. The van der Waals surface area contributed by atoms with Gasteiger partial charge in [0.05, 0.1) is 0 Å². The van der Waals surface area contributed by atoms with Crippen LogP contribution in [0.1, 0.15) is 19.4 Å². The van der Waals surface area contributed by atoms with Crippen LogP contribution in [0.2, 0.25) is 0 Å². The van der Waals surface area contributed by atoms with E-state index < -0.39 is 0 Å². The molecule has 0 amide bonds. The predicted molar refractivity (Wildman–Crippen MR) is 50.4 cm³/mol. The summed E-state index contributed by atoms with van der Waals surface area (Å²) >= 11 is 0. The predicted octanol–water partition coefficient (Wildman–Crippen LogP) is 1.64. The van der Waals surface area contributed by atoms with Crippen molar-refractivity contribution in [1.29, 1.82) is 0 Å². The van der Waals surface area contributed by atoms with Crippen molar-refractivity contribution in [3.63, 3.8) is 0 Å². The fourth-order valence-electron chi connectivity index (χ4n) is 1.46. The maximum absolute atomic E-state index is 5.69. The van der Waals surface area contributed by atoms with E-state index in [1.165, 1.54) is 5.56 Å². The minimum absolute atomic E-state index is 0.432. The lowest BCUT2D eigenvalue weighted by atomic mass is 10.1. The van der Waals surface area contributed by atoms with Crippen molar-refractivity contribution in [3.05, 3.63) is 24.0 Å². The smallest absolute Gasteiger partial charge is 0.153 e. The molecule has 70 valence electrons. The molecule has 1 aromatic heterocycles. The molecule has 0 atom stereocenters. The highest BCUT2D eigenvalue weighted by Crippen LogP contribution is 2.23. The van der Waals surface area contributed by atoms with Crippen LogP contribution < -0.4 is 4.84 Å². The van der Waals surface area contributed by atoms with Gasteiger partial charge in [-0.3, -0.25) is 4.98 Å². The second kappa shape index (κ2) is 3.34. The fourth-order valence-corrected chi connectivity index (χ4v) is 1.46. The molecule has 0 aromatic carbocycles. The van der Waals surface area contributed by atoms with Crippen molar-refractivity contribution < 1.29 is 4.84 Å². The first-order valence-corrected chi connectivity index (χ1v) is 4.65. The Hall–Kier alpha value is -1.09. The van der Waals surface area contributed by atoms with E-state index in [0.29, 0.717) is 6.04 Å². The summed E-state index contributed by atoms with van der Waals surface area (Å²) in [7, 11) is 0. The van der Waals surface area contributed by atoms with Gasteiger partial charge in [0.25, 0.3) is 0 Å². The highest BCUT2D eigenvalue weighted by molar-refractivity contribution is 5.31. The molecule has 0 saturated heterocycles. The highest BCUT2D eigenvalue weighted by atomic mass is 16.7. The molecule has 1 aliphatic heterocycles. The van der Waals surface area contributed by atoms with Gasteiger partial charge in [-0.05, 0) is 20.3 Å². The van der Waals surface area contributed by atoms with Crippen LogP contribution in [0.25, 0.3) is 0 Å². The van der Waals surface area contributed by atoms with E-state index in [4.69, 9.17) is 4.84 Å². The molecule has 0 aliphatic carbocycles. The van der Waals surface area contributed by atoms with Crippen LogP contribution in [0.3, 0.4) is 0 Å². The summed E-state index contributed by atoms with van der Waals surface area (Å²) in [5.41, 5.74) is 1.21. The summed E-state index contributed by atoms with van der Waals surface area (Å²) in [6, 6.07) is 2.35. The van der Waals surface area contributed by atoms with Gasteiger partial charge in [0, 0.05) is 36.6 Å². The number of nitrogens with zero attached hydrogens (tertiary/aromatic N) is 2. The van der Waals surface area contributed by atoms with Crippen LogP contribution in [-0.2, 0) is 6.42 Å². The van der Waals surface area contributed by atoms with Gasteiger partial charge >= 0.3 is 0 Å². The first kappa shape index (κ1) is 8.51. The van der Waals surface area contributed by atoms with Gasteiger partial charge in [-0.25, -0.2) is 0 Å². The summed E-state index contributed by atoms with van der Waals surface area (Å²) in [6.45, 7) is 5.22. The molecule has 0 N–H and O–H groups in total. The molecule has 0 radical (unpaired) electrons. The van der Waals surface area contributed by atoms with E-state index in [9.17, 15) is 0 Å². The Morgan fingerprint density at radius 3 is 3.15 bits per heavy atom. The average molecular weight is 178 g/mol.